The first-order valence-corrected chi connectivity index (χ1v) is 6.50. The molecule has 1 atom stereocenters. The van der Waals surface area contributed by atoms with Gasteiger partial charge >= 0.3 is 0 Å². The van der Waals surface area contributed by atoms with Gasteiger partial charge in [-0.2, -0.15) is 5.10 Å². The van der Waals surface area contributed by atoms with E-state index in [0.29, 0.717) is 12.5 Å². The smallest absolute Gasteiger partial charge is 0.0625 e. The van der Waals surface area contributed by atoms with Gasteiger partial charge < -0.3 is 10.4 Å². The number of aryl methyl sites for hydroxylation is 2. The Bertz CT molecular complexity index is 322. The van der Waals surface area contributed by atoms with Crippen molar-refractivity contribution in [3.05, 3.63) is 17.5 Å². The largest absolute Gasteiger partial charge is 0.396 e. The minimum atomic E-state index is 0.293. The standard InChI is InChI=1S/C13H25N3O/c1-4-12-8-13(16(3)15-12)9-14-7-5-6-11(2)10-17/h8,11,14,17H,4-7,9-10H2,1-3H3. The molecular formula is C13H25N3O. The zero-order chi connectivity index (χ0) is 12.7. The van der Waals surface area contributed by atoms with Gasteiger partial charge in [0.1, 0.15) is 0 Å². The van der Waals surface area contributed by atoms with Gasteiger partial charge in [0.15, 0.2) is 0 Å². The summed E-state index contributed by atoms with van der Waals surface area (Å²) in [5.41, 5.74) is 2.38. The summed E-state index contributed by atoms with van der Waals surface area (Å²) in [6, 6.07) is 2.16. The van der Waals surface area contributed by atoms with Crippen molar-refractivity contribution in [2.75, 3.05) is 13.2 Å². The van der Waals surface area contributed by atoms with Crippen LogP contribution in [-0.4, -0.2) is 28.0 Å². The van der Waals surface area contributed by atoms with Crippen LogP contribution >= 0.6 is 0 Å². The Morgan fingerprint density at radius 1 is 1.53 bits per heavy atom. The molecule has 4 nitrogen and oxygen atoms in total. The van der Waals surface area contributed by atoms with Crippen LogP contribution in [0.4, 0.5) is 0 Å². The van der Waals surface area contributed by atoms with E-state index in [9.17, 15) is 0 Å². The van der Waals surface area contributed by atoms with Gasteiger partial charge in [-0.1, -0.05) is 13.8 Å². The lowest BCUT2D eigenvalue weighted by molar-refractivity contribution is 0.228. The Morgan fingerprint density at radius 3 is 2.88 bits per heavy atom. The van der Waals surface area contributed by atoms with Gasteiger partial charge in [-0.05, 0) is 37.8 Å². The van der Waals surface area contributed by atoms with E-state index in [1.54, 1.807) is 0 Å². The van der Waals surface area contributed by atoms with E-state index in [1.807, 2.05) is 11.7 Å². The van der Waals surface area contributed by atoms with Gasteiger partial charge in [0.2, 0.25) is 0 Å². The van der Waals surface area contributed by atoms with Crippen molar-refractivity contribution in [3.8, 4) is 0 Å². The predicted molar refractivity (Wildman–Crippen MR) is 69.8 cm³/mol. The van der Waals surface area contributed by atoms with Crippen molar-refractivity contribution in [1.29, 1.82) is 0 Å². The van der Waals surface area contributed by atoms with Gasteiger partial charge in [0, 0.05) is 20.2 Å². The van der Waals surface area contributed by atoms with E-state index >= 15 is 0 Å². The normalized spacial score (nSPS) is 12.9. The van der Waals surface area contributed by atoms with Crippen LogP contribution in [0.25, 0.3) is 0 Å². The summed E-state index contributed by atoms with van der Waals surface area (Å²) in [4.78, 5) is 0. The molecule has 2 N–H and O–H groups in total. The molecule has 0 saturated carbocycles. The van der Waals surface area contributed by atoms with Crippen LogP contribution < -0.4 is 5.32 Å². The number of hydrogen-bond acceptors (Lipinski definition) is 3. The Kier molecular flexibility index (Phi) is 6.22. The molecule has 0 bridgehead atoms. The van der Waals surface area contributed by atoms with Crippen LogP contribution in [0.2, 0.25) is 0 Å². The van der Waals surface area contributed by atoms with Crippen LogP contribution in [-0.2, 0) is 20.0 Å². The van der Waals surface area contributed by atoms with Crippen LogP contribution in [0.5, 0.6) is 0 Å². The van der Waals surface area contributed by atoms with Crippen molar-refractivity contribution >= 4 is 0 Å². The molecule has 4 heteroatoms. The highest BCUT2D eigenvalue weighted by Crippen LogP contribution is 2.05. The van der Waals surface area contributed by atoms with Crippen LogP contribution in [0.3, 0.4) is 0 Å². The molecule has 0 radical (unpaired) electrons. The van der Waals surface area contributed by atoms with E-state index in [2.05, 4.69) is 30.3 Å². The van der Waals surface area contributed by atoms with Crippen molar-refractivity contribution in [1.82, 2.24) is 15.1 Å². The number of aliphatic hydroxyl groups is 1. The summed E-state index contributed by atoms with van der Waals surface area (Å²) in [5.74, 6) is 0.417. The second-order valence-electron chi connectivity index (χ2n) is 4.71. The maximum atomic E-state index is 8.90. The van der Waals surface area contributed by atoms with E-state index < -0.39 is 0 Å². The fraction of sp³-hybridized carbons (Fsp3) is 0.769. The van der Waals surface area contributed by atoms with Gasteiger partial charge in [-0.15, -0.1) is 0 Å². The van der Waals surface area contributed by atoms with Crippen molar-refractivity contribution in [2.45, 2.75) is 39.7 Å². The molecule has 0 spiro atoms. The van der Waals surface area contributed by atoms with Crippen LogP contribution in [0, 0.1) is 5.92 Å². The maximum absolute atomic E-state index is 8.90. The molecule has 0 aliphatic heterocycles. The number of rotatable bonds is 8. The summed E-state index contributed by atoms with van der Waals surface area (Å²) in [5, 5.41) is 16.7. The third-order valence-electron chi connectivity index (χ3n) is 3.06. The number of aromatic nitrogens is 2. The molecule has 1 rings (SSSR count). The van der Waals surface area contributed by atoms with E-state index in [1.165, 1.54) is 5.69 Å². The summed E-state index contributed by atoms with van der Waals surface area (Å²) >= 11 is 0. The molecule has 0 fully saturated rings. The molecule has 98 valence electrons. The summed E-state index contributed by atoms with van der Waals surface area (Å²) in [6.45, 7) is 6.36. The Hall–Kier alpha value is -0.870. The van der Waals surface area contributed by atoms with Crippen molar-refractivity contribution < 1.29 is 5.11 Å². The molecule has 1 unspecified atom stereocenters. The third kappa shape index (κ3) is 4.88. The highest BCUT2D eigenvalue weighted by Gasteiger charge is 2.03. The molecule has 0 saturated heterocycles. The minimum absolute atomic E-state index is 0.293. The average Bonchev–Trinajstić information content (AvgIpc) is 2.69. The van der Waals surface area contributed by atoms with Gasteiger partial charge in [-0.3, -0.25) is 4.68 Å². The first kappa shape index (κ1) is 14.2. The molecule has 0 aliphatic carbocycles. The lowest BCUT2D eigenvalue weighted by atomic mass is 10.1. The molecule has 1 aromatic rings. The molecule has 0 aromatic carbocycles. The SMILES string of the molecule is CCc1cc(CNCCCC(C)CO)n(C)n1. The van der Waals surface area contributed by atoms with E-state index in [4.69, 9.17) is 5.11 Å². The zero-order valence-corrected chi connectivity index (χ0v) is 11.2. The lowest BCUT2D eigenvalue weighted by Crippen LogP contribution is -2.17. The number of nitrogens with one attached hydrogen (secondary N) is 1. The van der Waals surface area contributed by atoms with Gasteiger partial charge in [-0.25, -0.2) is 0 Å². The Morgan fingerprint density at radius 2 is 2.29 bits per heavy atom. The second kappa shape index (κ2) is 7.45. The van der Waals surface area contributed by atoms with Gasteiger partial charge in [0.05, 0.1) is 11.4 Å². The lowest BCUT2D eigenvalue weighted by Gasteiger charge is -2.08. The van der Waals surface area contributed by atoms with Gasteiger partial charge in [0.25, 0.3) is 0 Å². The Labute approximate surface area is 104 Å². The van der Waals surface area contributed by atoms with Crippen molar-refractivity contribution in [3.63, 3.8) is 0 Å². The molecule has 1 heterocycles. The minimum Gasteiger partial charge on any atom is -0.396 e. The molecule has 0 amide bonds. The van der Waals surface area contributed by atoms with Crippen molar-refractivity contribution in [2.24, 2.45) is 13.0 Å². The monoisotopic (exact) mass is 239 g/mol. The predicted octanol–water partition coefficient (Wildman–Crippen LogP) is 1.48. The fourth-order valence-electron chi connectivity index (χ4n) is 1.79. The molecule has 17 heavy (non-hydrogen) atoms. The first-order chi connectivity index (χ1) is 8.17. The van der Waals surface area contributed by atoms with Crippen LogP contribution in [0.15, 0.2) is 6.07 Å². The summed E-state index contributed by atoms with van der Waals surface area (Å²) in [7, 11) is 1.99. The molecule has 1 aromatic heterocycles. The topological polar surface area (TPSA) is 50.1 Å². The number of aliphatic hydroxyl groups excluding tert-OH is 1. The maximum Gasteiger partial charge on any atom is 0.0625 e. The summed E-state index contributed by atoms with van der Waals surface area (Å²) < 4.78 is 1.95. The number of nitrogens with zero attached hydrogens (tertiary/aromatic N) is 2. The molecule has 0 aliphatic rings. The summed E-state index contributed by atoms with van der Waals surface area (Å²) in [6.07, 6.45) is 3.18. The average molecular weight is 239 g/mol. The van der Waals surface area contributed by atoms with Crippen LogP contribution in [0.1, 0.15) is 38.1 Å². The highest BCUT2D eigenvalue weighted by atomic mass is 16.3. The highest BCUT2D eigenvalue weighted by molar-refractivity contribution is 5.09. The first-order valence-electron chi connectivity index (χ1n) is 6.50. The van der Waals surface area contributed by atoms with E-state index in [-0.39, 0.29) is 0 Å². The number of hydrogen-bond donors (Lipinski definition) is 2. The quantitative estimate of drug-likeness (QED) is 0.676. The Balaban J connectivity index is 2.19. The third-order valence-corrected chi connectivity index (χ3v) is 3.06. The zero-order valence-electron chi connectivity index (χ0n) is 11.2. The second-order valence-corrected chi connectivity index (χ2v) is 4.71. The molecular weight excluding hydrogens is 214 g/mol. The fourth-order valence-corrected chi connectivity index (χ4v) is 1.79. The van der Waals surface area contributed by atoms with E-state index in [0.717, 1.165) is 38.0 Å².